The molecule has 0 saturated heterocycles. The first-order chi connectivity index (χ1) is 5.33. The minimum absolute atomic E-state index is 0.826. The van der Waals surface area contributed by atoms with Crippen molar-refractivity contribution in [3.63, 3.8) is 0 Å². The van der Waals surface area contributed by atoms with E-state index < -0.39 is 20.8 Å². The van der Waals surface area contributed by atoms with E-state index in [2.05, 4.69) is 29.6 Å². The molecular weight excluding hydrogens is 260 g/mol. The fourth-order valence-electron chi connectivity index (χ4n) is 0.393. The van der Waals surface area contributed by atoms with E-state index in [1.807, 2.05) is 0 Å². The molecule has 0 aromatic rings. The van der Waals surface area contributed by atoms with Crippen molar-refractivity contribution < 1.29 is 20.8 Å². The van der Waals surface area contributed by atoms with Gasteiger partial charge in [-0.15, -0.1) is 0 Å². The van der Waals surface area contributed by atoms with Gasteiger partial charge in [0.25, 0.3) is 0 Å². The topological polar surface area (TPSA) is 14.1 Å². The molecule has 1 aliphatic carbocycles. The van der Waals surface area contributed by atoms with Crippen LogP contribution in [0.2, 0.25) is 0 Å². The predicted octanol–water partition coefficient (Wildman–Crippen LogP) is 3.50. The molecule has 4 heteroatoms. The van der Waals surface area contributed by atoms with Gasteiger partial charge >= 0.3 is 37.9 Å². The second-order valence-corrected chi connectivity index (χ2v) is 5.34. The van der Waals surface area contributed by atoms with Gasteiger partial charge in [-0.1, -0.05) is 24.3 Å². The third-order valence-corrected chi connectivity index (χ3v) is 0.655. The van der Waals surface area contributed by atoms with Gasteiger partial charge in [-0.3, -0.25) is 0 Å². The molecule has 1 aliphatic rings. The Morgan fingerprint density at radius 2 is 1.45 bits per heavy atom. The number of hydrogen-bond donors (Lipinski definition) is 0. The Labute approximate surface area is 87.5 Å². The number of allylic oxidation sites excluding steroid dienone is 4. The van der Waals surface area contributed by atoms with Crippen LogP contribution in [0.5, 0.6) is 0 Å². The van der Waals surface area contributed by atoms with Gasteiger partial charge < -0.3 is 5.32 Å². The molecule has 64 valence electrons. The van der Waals surface area contributed by atoms with E-state index in [0.717, 1.165) is 6.42 Å². The van der Waals surface area contributed by atoms with E-state index in [-0.39, 0.29) is 0 Å². The Morgan fingerprint density at radius 1 is 1.18 bits per heavy atom. The molecule has 0 N–H and O–H groups in total. The van der Waals surface area contributed by atoms with Gasteiger partial charge in [-0.2, -0.15) is 14.1 Å². The third kappa shape index (κ3) is 24.8. The van der Waals surface area contributed by atoms with Crippen LogP contribution in [-0.4, -0.2) is 14.1 Å². The molecule has 0 saturated carbocycles. The van der Waals surface area contributed by atoms with E-state index in [9.17, 15) is 0 Å². The Balaban J connectivity index is 0. The fraction of sp³-hybridized carbons (Fsp3) is 0.429. The van der Waals surface area contributed by atoms with Gasteiger partial charge in [0.1, 0.15) is 0 Å². The molecule has 0 radical (unpaired) electrons. The van der Waals surface area contributed by atoms with Crippen LogP contribution in [0.4, 0.5) is 0 Å². The van der Waals surface area contributed by atoms with E-state index >= 15 is 0 Å². The molecule has 0 amide bonds. The minimum atomic E-state index is -0.826. The van der Waals surface area contributed by atoms with Crippen LogP contribution in [-0.2, 0) is 20.8 Å². The maximum atomic E-state index is 4.93. The summed E-state index contributed by atoms with van der Waals surface area (Å²) in [6.45, 7) is 0. The zero-order valence-electron chi connectivity index (χ0n) is 6.72. The summed E-state index contributed by atoms with van der Waals surface area (Å²) in [5.41, 5.74) is 0. The first kappa shape index (κ1) is 14.4. The molecule has 1 rings (SSSR count). The van der Waals surface area contributed by atoms with Crippen molar-refractivity contribution in [2.45, 2.75) is 6.42 Å². The van der Waals surface area contributed by atoms with Gasteiger partial charge in [-0.25, -0.2) is 0 Å². The summed E-state index contributed by atoms with van der Waals surface area (Å²) >= 11 is -0.826. The zero-order chi connectivity index (χ0) is 8.95. The second-order valence-electron chi connectivity index (χ2n) is 1.61. The number of rotatable bonds is 0. The third-order valence-electron chi connectivity index (χ3n) is 0.655. The summed E-state index contributed by atoms with van der Waals surface area (Å²) in [6, 6.07) is 0. The quantitative estimate of drug-likeness (QED) is 0.641. The van der Waals surface area contributed by atoms with Crippen molar-refractivity contribution in [2.24, 2.45) is 0 Å². The van der Waals surface area contributed by atoms with Crippen LogP contribution in [0.1, 0.15) is 6.42 Å². The molecule has 0 aliphatic heterocycles. The zero-order valence-corrected chi connectivity index (χ0v) is 10.7. The number of nitrogens with zero attached hydrogens (tertiary/aromatic N) is 1. The molecule has 0 heterocycles. The maximum absolute atomic E-state index is 4.93. The number of halogens is 2. The summed E-state index contributed by atoms with van der Waals surface area (Å²) in [5.74, 6) is 0. The van der Waals surface area contributed by atoms with Crippen LogP contribution in [0.3, 0.4) is 0 Å². The molecular formula is C7H12Cl2NZr-. The Morgan fingerprint density at radius 3 is 1.55 bits per heavy atom. The van der Waals surface area contributed by atoms with Gasteiger partial charge in [0.05, 0.1) is 0 Å². The summed E-state index contributed by atoms with van der Waals surface area (Å²) in [4.78, 5) is 0. The molecule has 0 fully saturated rings. The number of hydrogen-bond acceptors (Lipinski definition) is 0. The van der Waals surface area contributed by atoms with Crippen molar-refractivity contribution in [3.8, 4) is 0 Å². The monoisotopic (exact) mass is 270 g/mol. The first-order valence-electron chi connectivity index (χ1n) is 3.09. The second kappa shape index (κ2) is 17.1. The van der Waals surface area contributed by atoms with Crippen molar-refractivity contribution in [1.82, 2.24) is 0 Å². The molecule has 0 atom stereocenters. The van der Waals surface area contributed by atoms with Crippen LogP contribution < -0.4 is 0 Å². The van der Waals surface area contributed by atoms with Gasteiger partial charge in [0, 0.05) is 0 Å². The van der Waals surface area contributed by atoms with Gasteiger partial charge in [0.2, 0.25) is 0 Å². The van der Waals surface area contributed by atoms with E-state index in [1.165, 1.54) is 0 Å². The molecule has 0 aromatic carbocycles. The Bertz CT molecular complexity index is 92.6. The summed E-state index contributed by atoms with van der Waals surface area (Å²) in [6.07, 6.45) is 9.50. The van der Waals surface area contributed by atoms with Gasteiger partial charge in [0.15, 0.2) is 0 Å². The molecule has 0 bridgehead atoms. The predicted molar refractivity (Wildman–Crippen MR) is 49.8 cm³/mol. The fourth-order valence-corrected chi connectivity index (χ4v) is 0.393. The molecule has 0 aromatic heterocycles. The van der Waals surface area contributed by atoms with Crippen LogP contribution in [0, 0.1) is 0 Å². The van der Waals surface area contributed by atoms with Crippen molar-refractivity contribution in [3.05, 3.63) is 29.6 Å². The van der Waals surface area contributed by atoms with E-state index in [1.54, 1.807) is 14.1 Å². The summed E-state index contributed by atoms with van der Waals surface area (Å²) in [7, 11) is 13.4. The van der Waals surface area contributed by atoms with Crippen molar-refractivity contribution >= 4 is 17.0 Å². The van der Waals surface area contributed by atoms with Gasteiger partial charge in [-0.05, 0) is 6.42 Å². The van der Waals surface area contributed by atoms with E-state index in [4.69, 9.17) is 17.0 Å². The van der Waals surface area contributed by atoms with Crippen LogP contribution >= 0.6 is 17.0 Å². The Kier molecular flexibility index (Phi) is 22.5. The van der Waals surface area contributed by atoms with Crippen LogP contribution in [0.25, 0.3) is 5.32 Å². The molecule has 0 unspecified atom stereocenters. The van der Waals surface area contributed by atoms with E-state index in [0.29, 0.717) is 0 Å². The normalized spacial score (nSPS) is 10.9. The molecule has 11 heavy (non-hydrogen) atoms. The average molecular weight is 272 g/mol. The summed E-state index contributed by atoms with van der Waals surface area (Å²) < 4.78 is 0. The molecule has 1 nitrogen and oxygen atoms in total. The Hall–Kier alpha value is 0.903. The van der Waals surface area contributed by atoms with Crippen LogP contribution in [0.15, 0.2) is 24.3 Å². The molecule has 0 spiro atoms. The summed E-state index contributed by atoms with van der Waals surface area (Å²) in [5, 5.41) is 3.50. The average Bonchev–Trinajstić information content (AvgIpc) is 2.44. The van der Waals surface area contributed by atoms with Crippen molar-refractivity contribution in [2.75, 3.05) is 14.1 Å². The first-order valence-corrected chi connectivity index (χ1v) is 9.42. The van der Waals surface area contributed by atoms with Crippen molar-refractivity contribution in [1.29, 1.82) is 0 Å². The standard InChI is InChI=1S/C5H6.C2H6N.2ClH.Zr/c1-2-4-5-3-1;1-3-2;;;/h1-4H,5H2;1-2H3;2*1H;/q;-1;;;+2/p-2. The SMILES string of the molecule is C1=CCC=C1.C[N-]C.[Cl][Zr][Cl].